The highest BCUT2D eigenvalue weighted by Gasteiger charge is 2.14. The fraction of sp³-hybridized carbons (Fsp3) is 0.684. The standard InChI is InChI=1S/C19H34N2/c1-7-8-17-9-11-18(12-10-17)16(4)20-14-19(21(5)6)13-15(2)3/h9-12,15-16,19-20H,7-8,13-14H2,1-6H3. The number of aryl methyl sites for hydroxylation is 1. The van der Waals surface area contributed by atoms with Gasteiger partial charge in [-0.3, -0.25) is 0 Å². The first-order valence-electron chi connectivity index (χ1n) is 8.42. The molecule has 1 aromatic carbocycles. The maximum Gasteiger partial charge on any atom is 0.0292 e. The zero-order chi connectivity index (χ0) is 15.8. The largest absolute Gasteiger partial charge is 0.309 e. The summed E-state index contributed by atoms with van der Waals surface area (Å²) in [6.07, 6.45) is 3.63. The molecule has 0 aliphatic carbocycles. The summed E-state index contributed by atoms with van der Waals surface area (Å²) >= 11 is 0. The van der Waals surface area contributed by atoms with E-state index in [1.165, 1.54) is 30.4 Å². The van der Waals surface area contributed by atoms with Crippen LogP contribution in [0.4, 0.5) is 0 Å². The van der Waals surface area contributed by atoms with Gasteiger partial charge in [-0.2, -0.15) is 0 Å². The van der Waals surface area contributed by atoms with E-state index < -0.39 is 0 Å². The van der Waals surface area contributed by atoms with Gasteiger partial charge in [0.15, 0.2) is 0 Å². The van der Waals surface area contributed by atoms with Crippen LogP contribution in [0.5, 0.6) is 0 Å². The van der Waals surface area contributed by atoms with Crippen molar-refractivity contribution in [2.75, 3.05) is 20.6 Å². The lowest BCUT2D eigenvalue weighted by Crippen LogP contribution is -2.39. The van der Waals surface area contributed by atoms with Crippen molar-refractivity contribution >= 4 is 0 Å². The van der Waals surface area contributed by atoms with Gasteiger partial charge in [0.1, 0.15) is 0 Å². The van der Waals surface area contributed by atoms with E-state index in [0.29, 0.717) is 12.1 Å². The fourth-order valence-electron chi connectivity index (χ4n) is 2.71. The van der Waals surface area contributed by atoms with E-state index in [4.69, 9.17) is 0 Å². The summed E-state index contributed by atoms with van der Waals surface area (Å²) < 4.78 is 0. The Morgan fingerprint density at radius 2 is 1.67 bits per heavy atom. The number of hydrogen-bond donors (Lipinski definition) is 1. The molecule has 120 valence electrons. The molecule has 0 heterocycles. The number of hydrogen-bond acceptors (Lipinski definition) is 2. The SMILES string of the molecule is CCCc1ccc(C(C)NCC(CC(C)C)N(C)C)cc1. The lowest BCUT2D eigenvalue weighted by Gasteiger charge is -2.28. The van der Waals surface area contributed by atoms with E-state index in [9.17, 15) is 0 Å². The normalized spacial score (nSPS) is 14.7. The lowest BCUT2D eigenvalue weighted by atomic mass is 10.0. The second kappa shape index (κ2) is 9.22. The van der Waals surface area contributed by atoms with E-state index in [2.05, 4.69) is 76.3 Å². The molecule has 0 aliphatic heterocycles. The van der Waals surface area contributed by atoms with Gasteiger partial charge < -0.3 is 10.2 Å². The Labute approximate surface area is 131 Å². The molecule has 2 atom stereocenters. The second-order valence-corrected chi connectivity index (χ2v) is 6.87. The summed E-state index contributed by atoms with van der Waals surface area (Å²) in [5.41, 5.74) is 2.83. The minimum absolute atomic E-state index is 0.412. The molecule has 2 nitrogen and oxygen atoms in total. The maximum absolute atomic E-state index is 3.70. The number of nitrogens with one attached hydrogen (secondary N) is 1. The molecule has 0 saturated carbocycles. The lowest BCUT2D eigenvalue weighted by molar-refractivity contribution is 0.242. The first-order chi connectivity index (χ1) is 9.93. The van der Waals surface area contributed by atoms with Crippen LogP contribution < -0.4 is 5.32 Å². The number of nitrogens with zero attached hydrogens (tertiary/aromatic N) is 1. The molecule has 0 spiro atoms. The Bertz CT molecular complexity index is 381. The van der Waals surface area contributed by atoms with Gasteiger partial charge in [0, 0.05) is 18.6 Å². The number of benzene rings is 1. The third-order valence-electron chi connectivity index (χ3n) is 4.15. The van der Waals surface area contributed by atoms with Gasteiger partial charge in [0.05, 0.1) is 0 Å². The minimum Gasteiger partial charge on any atom is -0.309 e. The van der Waals surface area contributed by atoms with E-state index in [-0.39, 0.29) is 0 Å². The summed E-state index contributed by atoms with van der Waals surface area (Å²) in [7, 11) is 4.36. The molecule has 2 heteroatoms. The summed E-state index contributed by atoms with van der Waals surface area (Å²) in [5, 5.41) is 3.70. The van der Waals surface area contributed by atoms with Gasteiger partial charge in [-0.25, -0.2) is 0 Å². The zero-order valence-corrected chi connectivity index (χ0v) is 14.8. The smallest absolute Gasteiger partial charge is 0.0292 e. The summed E-state index contributed by atoms with van der Waals surface area (Å²) in [6.45, 7) is 10.1. The molecule has 0 aliphatic rings. The summed E-state index contributed by atoms with van der Waals surface area (Å²) in [6, 6.07) is 10.1. The Hall–Kier alpha value is -0.860. The molecule has 1 rings (SSSR count). The van der Waals surface area contributed by atoms with Gasteiger partial charge in [0.25, 0.3) is 0 Å². The van der Waals surface area contributed by atoms with Crippen molar-refractivity contribution in [3.8, 4) is 0 Å². The monoisotopic (exact) mass is 290 g/mol. The highest BCUT2D eigenvalue weighted by atomic mass is 15.1. The van der Waals surface area contributed by atoms with Crippen molar-refractivity contribution in [3.63, 3.8) is 0 Å². The van der Waals surface area contributed by atoms with Crippen molar-refractivity contribution in [1.82, 2.24) is 10.2 Å². The van der Waals surface area contributed by atoms with E-state index in [1.807, 2.05) is 0 Å². The molecule has 0 amide bonds. The third-order valence-corrected chi connectivity index (χ3v) is 4.15. The number of rotatable bonds is 9. The molecule has 0 radical (unpaired) electrons. The van der Waals surface area contributed by atoms with Gasteiger partial charge in [-0.05, 0) is 50.9 Å². The molecule has 1 N–H and O–H groups in total. The van der Waals surface area contributed by atoms with Crippen LogP contribution in [-0.4, -0.2) is 31.6 Å². The molecule has 0 fully saturated rings. The van der Waals surface area contributed by atoms with Crippen LogP contribution in [0.15, 0.2) is 24.3 Å². The first kappa shape index (κ1) is 18.2. The Morgan fingerprint density at radius 3 is 2.14 bits per heavy atom. The van der Waals surface area contributed by atoms with Gasteiger partial charge >= 0.3 is 0 Å². The average Bonchev–Trinajstić information content (AvgIpc) is 2.43. The maximum atomic E-state index is 3.70. The molecular weight excluding hydrogens is 256 g/mol. The predicted molar refractivity (Wildman–Crippen MR) is 93.8 cm³/mol. The van der Waals surface area contributed by atoms with Crippen LogP contribution in [0.2, 0.25) is 0 Å². The van der Waals surface area contributed by atoms with E-state index in [1.54, 1.807) is 0 Å². The van der Waals surface area contributed by atoms with Crippen molar-refractivity contribution in [1.29, 1.82) is 0 Å². The molecule has 0 aromatic heterocycles. The number of likely N-dealkylation sites (N-methyl/N-ethyl adjacent to an activating group) is 1. The van der Waals surface area contributed by atoms with Crippen molar-refractivity contribution in [2.24, 2.45) is 5.92 Å². The quantitative estimate of drug-likeness (QED) is 0.731. The Morgan fingerprint density at radius 1 is 1.05 bits per heavy atom. The molecule has 0 bridgehead atoms. The third kappa shape index (κ3) is 6.62. The molecule has 0 saturated heterocycles. The fourth-order valence-corrected chi connectivity index (χ4v) is 2.71. The van der Waals surface area contributed by atoms with Crippen LogP contribution in [0.25, 0.3) is 0 Å². The van der Waals surface area contributed by atoms with Crippen molar-refractivity contribution in [2.45, 2.75) is 59.0 Å². The second-order valence-electron chi connectivity index (χ2n) is 6.87. The Balaban J connectivity index is 2.53. The minimum atomic E-state index is 0.412. The van der Waals surface area contributed by atoms with Crippen LogP contribution in [0, 0.1) is 5.92 Å². The first-order valence-corrected chi connectivity index (χ1v) is 8.42. The van der Waals surface area contributed by atoms with Gasteiger partial charge in [0.2, 0.25) is 0 Å². The topological polar surface area (TPSA) is 15.3 Å². The van der Waals surface area contributed by atoms with Crippen molar-refractivity contribution in [3.05, 3.63) is 35.4 Å². The summed E-state index contributed by atoms with van der Waals surface area (Å²) in [5.74, 6) is 0.739. The summed E-state index contributed by atoms with van der Waals surface area (Å²) in [4.78, 5) is 2.34. The highest BCUT2D eigenvalue weighted by Crippen LogP contribution is 2.15. The van der Waals surface area contributed by atoms with Crippen molar-refractivity contribution < 1.29 is 0 Å². The van der Waals surface area contributed by atoms with Crippen LogP contribution in [0.3, 0.4) is 0 Å². The molecule has 21 heavy (non-hydrogen) atoms. The van der Waals surface area contributed by atoms with Crippen LogP contribution in [-0.2, 0) is 6.42 Å². The Kier molecular flexibility index (Phi) is 7.98. The van der Waals surface area contributed by atoms with Crippen LogP contribution >= 0.6 is 0 Å². The molecule has 2 unspecified atom stereocenters. The average molecular weight is 290 g/mol. The van der Waals surface area contributed by atoms with Crippen LogP contribution in [0.1, 0.15) is 57.7 Å². The molecule has 1 aromatic rings. The van der Waals surface area contributed by atoms with Gasteiger partial charge in [-0.15, -0.1) is 0 Å². The van der Waals surface area contributed by atoms with E-state index in [0.717, 1.165) is 12.5 Å². The van der Waals surface area contributed by atoms with Gasteiger partial charge in [-0.1, -0.05) is 51.5 Å². The predicted octanol–water partition coefficient (Wildman–Crippen LogP) is 4.27. The molecular formula is C19H34N2. The zero-order valence-electron chi connectivity index (χ0n) is 14.8. The highest BCUT2D eigenvalue weighted by molar-refractivity contribution is 5.24. The van der Waals surface area contributed by atoms with E-state index >= 15 is 0 Å².